The molecule has 0 saturated carbocycles. The lowest BCUT2D eigenvalue weighted by atomic mass is 10.3. The Morgan fingerprint density at radius 3 is 2.68 bits per heavy atom. The summed E-state index contributed by atoms with van der Waals surface area (Å²) in [6.45, 7) is 3.43. The van der Waals surface area contributed by atoms with Crippen molar-refractivity contribution in [2.24, 2.45) is 10.4 Å². The number of hydrogen-bond donors (Lipinski definition) is 0. The van der Waals surface area contributed by atoms with E-state index < -0.39 is 0 Å². The van der Waals surface area contributed by atoms with E-state index in [1.807, 2.05) is 6.92 Å². The Balaban J connectivity index is 2.23. The second kappa shape index (κ2) is 6.27. The van der Waals surface area contributed by atoms with E-state index in [2.05, 4.69) is 10.4 Å². The molecule has 0 fully saturated rings. The molecule has 8 heteroatoms. The SMILES string of the molecule is CCN1CN(c2cc(OCOC)c(Cl)cc2Cl)N=N1. The van der Waals surface area contributed by atoms with Crippen molar-refractivity contribution in [3.05, 3.63) is 22.2 Å². The molecule has 0 unspecified atom stereocenters. The number of ether oxygens (including phenoxy) is 2. The van der Waals surface area contributed by atoms with Crippen molar-refractivity contribution in [3.63, 3.8) is 0 Å². The number of hydrogen-bond acceptors (Lipinski definition) is 6. The van der Waals surface area contributed by atoms with Gasteiger partial charge in [0.2, 0.25) is 0 Å². The van der Waals surface area contributed by atoms with Gasteiger partial charge in [0.15, 0.2) is 6.79 Å². The fourth-order valence-electron chi connectivity index (χ4n) is 1.55. The van der Waals surface area contributed by atoms with Gasteiger partial charge >= 0.3 is 0 Å². The molecular formula is C11H14Cl2N4O2. The Hall–Kier alpha value is -1.24. The van der Waals surface area contributed by atoms with Gasteiger partial charge in [0.05, 0.1) is 15.7 Å². The Bertz CT molecular complexity index is 484. The van der Waals surface area contributed by atoms with E-state index in [-0.39, 0.29) is 6.79 Å². The molecule has 6 nitrogen and oxygen atoms in total. The summed E-state index contributed by atoms with van der Waals surface area (Å²) in [4.78, 5) is 0. The van der Waals surface area contributed by atoms with Crippen LogP contribution in [0.25, 0.3) is 0 Å². The first-order valence-corrected chi connectivity index (χ1v) is 6.46. The largest absolute Gasteiger partial charge is 0.466 e. The van der Waals surface area contributed by atoms with Gasteiger partial charge in [-0.3, -0.25) is 5.01 Å². The molecule has 1 aromatic carbocycles. The van der Waals surface area contributed by atoms with Gasteiger partial charge in [-0.25, -0.2) is 5.01 Å². The fourth-order valence-corrected chi connectivity index (χ4v) is 2.09. The minimum absolute atomic E-state index is 0.114. The minimum Gasteiger partial charge on any atom is -0.466 e. The first-order valence-electron chi connectivity index (χ1n) is 5.70. The Kier molecular flexibility index (Phi) is 4.68. The van der Waals surface area contributed by atoms with Crippen LogP contribution in [-0.4, -0.2) is 32.1 Å². The van der Waals surface area contributed by atoms with Crippen LogP contribution in [0.2, 0.25) is 10.0 Å². The third-order valence-corrected chi connectivity index (χ3v) is 3.15. The highest BCUT2D eigenvalue weighted by molar-refractivity contribution is 6.37. The van der Waals surface area contributed by atoms with Gasteiger partial charge in [-0.1, -0.05) is 28.4 Å². The smallest absolute Gasteiger partial charge is 0.188 e. The van der Waals surface area contributed by atoms with Gasteiger partial charge in [0, 0.05) is 19.7 Å². The van der Waals surface area contributed by atoms with Gasteiger partial charge in [-0.15, -0.1) is 0 Å². The first-order chi connectivity index (χ1) is 9.15. The molecule has 2 rings (SSSR count). The van der Waals surface area contributed by atoms with Crippen LogP contribution in [0.5, 0.6) is 5.75 Å². The van der Waals surface area contributed by atoms with Crippen LogP contribution >= 0.6 is 23.2 Å². The molecule has 1 aliphatic heterocycles. The molecule has 0 aromatic heterocycles. The Morgan fingerprint density at radius 1 is 1.26 bits per heavy atom. The number of benzene rings is 1. The molecular weight excluding hydrogens is 291 g/mol. The van der Waals surface area contributed by atoms with E-state index in [1.54, 1.807) is 29.3 Å². The molecule has 0 atom stereocenters. The van der Waals surface area contributed by atoms with Crippen LogP contribution in [0.1, 0.15) is 6.92 Å². The number of halogens is 2. The molecule has 0 N–H and O–H groups in total. The summed E-state index contributed by atoms with van der Waals surface area (Å²) in [5.41, 5.74) is 0.692. The quantitative estimate of drug-likeness (QED) is 0.783. The highest BCUT2D eigenvalue weighted by Crippen LogP contribution is 2.37. The topological polar surface area (TPSA) is 49.7 Å². The van der Waals surface area contributed by atoms with E-state index >= 15 is 0 Å². The highest BCUT2D eigenvalue weighted by Gasteiger charge is 2.20. The number of rotatable bonds is 5. The predicted octanol–water partition coefficient (Wildman–Crippen LogP) is 3.36. The van der Waals surface area contributed by atoms with Crippen LogP contribution in [-0.2, 0) is 4.74 Å². The summed E-state index contributed by atoms with van der Waals surface area (Å²) in [6, 6.07) is 3.34. The van der Waals surface area contributed by atoms with Crippen LogP contribution < -0.4 is 9.75 Å². The minimum atomic E-state index is 0.114. The lowest BCUT2D eigenvalue weighted by molar-refractivity contribution is 0.0512. The van der Waals surface area contributed by atoms with Crippen molar-refractivity contribution >= 4 is 28.9 Å². The van der Waals surface area contributed by atoms with E-state index in [1.165, 1.54) is 0 Å². The first kappa shape index (κ1) is 14.2. The van der Waals surface area contributed by atoms with Gasteiger partial charge in [-0.2, -0.15) is 0 Å². The predicted molar refractivity (Wildman–Crippen MR) is 73.5 cm³/mol. The second-order valence-corrected chi connectivity index (χ2v) is 4.64. The van der Waals surface area contributed by atoms with Gasteiger partial charge < -0.3 is 9.47 Å². The van der Waals surface area contributed by atoms with E-state index in [4.69, 9.17) is 32.7 Å². The van der Waals surface area contributed by atoms with E-state index in [9.17, 15) is 0 Å². The fraction of sp³-hybridized carbons (Fsp3) is 0.455. The maximum Gasteiger partial charge on any atom is 0.188 e. The van der Waals surface area contributed by atoms with Crippen molar-refractivity contribution in [1.29, 1.82) is 0 Å². The van der Waals surface area contributed by atoms with Crippen LogP contribution in [0.4, 0.5) is 5.69 Å². The number of methoxy groups -OCH3 is 1. The van der Waals surface area contributed by atoms with Gasteiger partial charge in [0.25, 0.3) is 0 Å². The Morgan fingerprint density at radius 2 is 2.05 bits per heavy atom. The summed E-state index contributed by atoms with van der Waals surface area (Å²) in [7, 11) is 1.54. The number of anilines is 1. The second-order valence-electron chi connectivity index (χ2n) is 3.83. The molecule has 0 saturated heterocycles. The monoisotopic (exact) mass is 304 g/mol. The van der Waals surface area contributed by atoms with Crippen molar-refractivity contribution in [1.82, 2.24) is 5.01 Å². The van der Waals surface area contributed by atoms with Crippen LogP contribution in [0.15, 0.2) is 22.6 Å². The zero-order chi connectivity index (χ0) is 13.8. The third-order valence-electron chi connectivity index (χ3n) is 2.55. The maximum atomic E-state index is 6.17. The molecule has 0 amide bonds. The van der Waals surface area contributed by atoms with Crippen molar-refractivity contribution in [2.45, 2.75) is 6.92 Å². The normalized spacial score (nSPS) is 14.3. The third kappa shape index (κ3) is 3.20. The van der Waals surface area contributed by atoms with Crippen LogP contribution in [0.3, 0.4) is 0 Å². The number of nitrogens with zero attached hydrogens (tertiary/aromatic N) is 4. The van der Waals surface area contributed by atoms with Crippen LogP contribution in [0, 0.1) is 0 Å². The van der Waals surface area contributed by atoms with Crippen molar-refractivity contribution in [2.75, 3.05) is 32.1 Å². The Labute approximate surface area is 121 Å². The summed E-state index contributed by atoms with van der Waals surface area (Å²) < 4.78 is 10.2. The summed E-state index contributed by atoms with van der Waals surface area (Å²) in [5, 5.41) is 12.4. The lowest BCUT2D eigenvalue weighted by Crippen LogP contribution is -2.24. The lowest BCUT2D eigenvalue weighted by Gasteiger charge is -2.18. The zero-order valence-corrected chi connectivity index (χ0v) is 12.1. The molecule has 0 spiro atoms. The zero-order valence-electron chi connectivity index (χ0n) is 10.6. The molecule has 1 aromatic rings. The molecule has 1 heterocycles. The molecule has 0 bridgehead atoms. The standard InChI is InChI=1S/C11H14Cl2N4O2/c1-3-16-6-17(15-14-16)10-5-11(19-7-18-2)9(13)4-8(10)12/h4-5H,3,6-7H2,1-2H3. The average Bonchev–Trinajstić information content (AvgIpc) is 2.86. The van der Waals surface area contributed by atoms with Crippen molar-refractivity contribution in [3.8, 4) is 5.75 Å². The summed E-state index contributed by atoms with van der Waals surface area (Å²) in [6.07, 6.45) is 0. The van der Waals surface area contributed by atoms with Crippen molar-refractivity contribution < 1.29 is 9.47 Å². The summed E-state index contributed by atoms with van der Waals surface area (Å²) in [5.74, 6) is 0.494. The molecule has 104 valence electrons. The molecule has 0 aliphatic carbocycles. The molecule has 19 heavy (non-hydrogen) atoms. The maximum absolute atomic E-state index is 6.17. The summed E-state index contributed by atoms with van der Waals surface area (Å²) >= 11 is 12.2. The molecule has 0 radical (unpaired) electrons. The molecule has 1 aliphatic rings. The van der Waals surface area contributed by atoms with E-state index in [0.717, 1.165) is 6.54 Å². The average molecular weight is 305 g/mol. The van der Waals surface area contributed by atoms with Gasteiger partial charge in [-0.05, 0) is 18.2 Å². The highest BCUT2D eigenvalue weighted by atomic mass is 35.5. The van der Waals surface area contributed by atoms with E-state index in [0.29, 0.717) is 28.2 Å². The van der Waals surface area contributed by atoms with Gasteiger partial charge in [0.1, 0.15) is 12.4 Å².